The van der Waals surface area contributed by atoms with E-state index in [9.17, 15) is 10.2 Å². The lowest BCUT2D eigenvalue weighted by Gasteiger charge is -2.60. The molecule has 0 spiro atoms. The Balaban J connectivity index is 1.33. The zero-order chi connectivity index (χ0) is 45.2. The van der Waals surface area contributed by atoms with E-state index >= 15 is 4.79 Å². The standard InChI is InChI=1S/C55H62N2O7S/c1-4-29-57(54(60)42-22-21-39-17-9-10-18-40(39)33-42)51-36-49(56-62-37-38-15-7-6-8-16-38)47-34-41(19-11-13-30-58)46(20-12-14-31-59)52-48-35-44(63-43-23-26-45(65-3)27-24-43)25-28-50(48)64-55(51,53(47)52)61-32-5-2/h5-10,15-18,21-28,33-35,41,46,51-53,58-59H,2,4,11-14,19-20,29-32,36-37H2,1,3H3. The molecule has 1 saturated carbocycles. The van der Waals surface area contributed by atoms with E-state index in [1.165, 1.54) is 0 Å². The van der Waals surface area contributed by atoms with Gasteiger partial charge in [-0.25, -0.2) is 0 Å². The Labute approximate surface area is 388 Å². The number of aliphatic hydroxyl groups excluding tert-OH is 2. The molecule has 0 saturated heterocycles. The summed E-state index contributed by atoms with van der Waals surface area (Å²) < 4.78 is 21.3. The number of carbonyl (C=O) groups is 1. The average molecular weight is 895 g/mol. The second-order valence-electron chi connectivity index (χ2n) is 17.4. The maximum absolute atomic E-state index is 15.3. The van der Waals surface area contributed by atoms with Crippen molar-refractivity contribution in [3.05, 3.63) is 156 Å². The van der Waals surface area contributed by atoms with Crippen molar-refractivity contribution in [1.29, 1.82) is 0 Å². The third kappa shape index (κ3) is 10.1. The lowest BCUT2D eigenvalue weighted by atomic mass is 9.55. The molecule has 1 aliphatic heterocycles. The fourth-order valence-corrected chi connectivity index (χ4v) is 10.8. The van der Waals surface area contributed by atoms with Gasteiger partial charge in [-0.1, -0.05) is 97.7 Å². The minimum Gasteiger partial charge on any atom is -0.459 e. The number of thioether (sulfide) groups is 1. The molecule has 10 heteroatoms. The topological polar surface area (TPSA) is 110 Å². The van der Waals surface area contributed by atoms with Gasteiger partial charge in [-0.05, 0) is 127 Å². The van der Waals surface area contributed by atoms with Crippen molar-refractivity contribution < 1.29 is 34.1 Å². The highest BCUT2D eigenvalue weighted by Crippen LogP contribution is 2.62. The molecule has 8 rings (SSSR count). The van der Waals surface area contributed by atoms with E-state index in [0.29, 0.717) is 49.3 Å². The van der Waals surface area contributed by atoms with E-state index < -0.39 is 17.7 Å². The van der Waals surface area contributed by atoms with Gasteiger partial charge < -0.3 is 34.2 Å². The van der Waals surface area contributed by atoms with E-state index in [2.05, 4.69) is 50.1 Å². The summed E-state index contributed by atoms with van der Waals surface area (Å²) in [4.78, 5) is 24.7. The number of aliphatic hydroxyl groups is 2. The van der Waals surface area contributed by atoms with Gasteiger partial charge in [-0.15, -0.1) is 18.3 Å². The molecule has 1 heterocycles. The van der Waals surface area contributed by atoms with Crippen LogP contribution in [0.15, 0.2) is 150 Å². The second-order valence-corrected chi connectivity index (χ2v) is 18.2. The number of fused-ring (bicyclic) bond motifs is 3. The first-order chi connectivity index (χ1) is 31.9. The van der Waals surface area contributed by atoms with Crippen molar-refractivity contribution >= 4 is 34.2 Å². The Morgan fingerprint density at radius 1 is 0.892 bits per heavy atom. The molecule has 0 radical (unpaired) electrons. The molecule has 3 aliphatic rings. The number of nitrogens with zero attached hydrogens (tertiary/aromatic N) is 2. The van der Waals surface area contributed by atoms with Crippen LogP contribution >= 0.6 is 11.8 Å². The summed E-state index contributed by atoms with van der Waals surface area (Å²) in [5.74, 6) is 0.218. The molecule has 2 N–H and O–H groups in total. The molecule has 9 nitrogen and oxygen atoms in total. The van der Waals surface area contributed by atoms with Crippen LogP contribution in [0.2, 0.25) is 0 Å². The summed E-state index contributed by atoms with van der Waals surface area (Å²) >= 11 is 1.68. The lowest BCUT2D eigenvalue weighted by Crippen LogP contribution is -2.70. The molecule has 6 atom stereocenters. The number of hydrogen-bond acceptors (Lipinski definition) is 9. The molecule has 0 aromatic heterocycles. The third-order valence-corrected chi connectivity index (χ3v) is 14.0. The largest absolute Gasteiger partial charge is 0.459 e. The number of oxime groups is 1. The fourth-order valence-electron chi connectivity index (χ4n) is 10.4. The number of rotatable bonds is 21. The van der Waals surface area contributed by atoms with Crippen LogP contribution in [-0.2, 0) is 16.2 Å². The van der Waals surface area contributed by atoms with Gasteiger partial charge in [0.1, 0.15) is 29.9 Å². The number of amides is 1. The second kappa shape index (κ2) is 21.7. The summed E-state index contributed by atoms with van der Waals surface area (Å²) in [5.41, 5.74) is 4.35. The number of unbranched alkanes of at least 4 members (excludes halogenated alkanes) is 2. The maximum Gasteiger partial charge on any atom is 0.254 e. The van der Waals surface area contributed by atoms with E-state index in [1.54, 1.807) is 17.8 Å². The quantitative estimate of drug-likeness (QED) is 0.0324. The van der Waals surface area contributed by atoms with Gasteiger partial charge in [0.25, 0.3) is 5.91 Å². The van der Waals surface area contributed by atoms with Crippen LogP contribution in [0.4, 0.5) is 0 Å². The lowest BCUT2D eigenvalue weighted by molar-refractivity contribution is -0.254. The van der Waals surface area contributed by atoms with Gasteiger partial charge in [0.05, 0.1) is 18.2 Å². The molecule has 1 fully saturated rings. The fraction of sp³-hybridized carbons (Fsp3) is 0.382. The van der Waals surface area contributed by atoms with Gasteiger partial charge in [0, 0.05) is 48.1 Å². The molecule has 340 valence electrons. The first-order valence-corrected chi connectivity index (χ1v) is 24.5. The van der Waals surface area contributed by atoms with Crippen LogP contribution in [-0.4, -0.2) is 71.2 Å². The van der Waals surface area contributed by atoms with E-state index in [1.807, 2.05) is 95.9 Å². The first-order valence-electron chi connectivity index (χ1n) is 23.3. The van der Waals surface area contributed by atoms with Gasteiger partial charge in [0.2, 0.25) is 5.79 Å². The third-order valence-electron chi connectivity index (χ3n) is 13.3. The summed E-state index contributed by atoms with van der Waals surface area (Å²) in [5, 5.41) is 27.1. The Bertz CT molecular complexity index is 2460. The molecular formula is C55H62N2O7S. The molecule has 0 bridgehead atoms. The van der Waals surface area contributed by atoms with Crippen molar-refractivity contribution in [3.63, 3.8) is 0 Å². The number of hydrogen-bond donors (Lipinski definition) is 2. The molecule has 1 amide bonds. The zero-order valence-corrected chi connectivity index (χ0v) is 38.5. The van der Waals surface area contributed by atoms with Crippen molar-refractivity contribution in [3.8, 4) is 17.2 Å². The smallest absolute Gasteiger partial charge is 0.254 e. The van der Waals surface area contributed by atoms with Crippen LogP contribution in [0.25, 0.3) is 10.8 Å². The average Bonchev–Trinajstić information content (AvgIpc) is 3.34. The van der Waals surface area contributed by atoms with Crippen LogP contribution in [0, 0.1) is 17.8 Å². The van der Waals surface area contributed by atoms with Gasteiger partial charge in [-0.2, -0.15) is 0 Å². The zero-order valence-electron chi connectivity index (χ0n) is 37.6. The number of ether oxygens (including phenoxy) is 3. The molecular weight excluding hydrogens is 833 g/mol. The monoisotopic (exact) mass is 894 g/mol. The molecule has 65 heavy (non-hydrogen) atoms. The summed E-state index contributed by atoms with van der Waals surface area (Å²) in [6.07, 6.45) is 12.0. The molecule has 6 unspecified atom stereocenters. The Hall–Kier alpha value is -5.39. The number of allylic oxidation sites excluding steroid dienone is 1. The Kier molecular flexibility index (Phi) is 15.4. The molecule has 5 aromatic rings. The van der Waals surface area contributed by atoms with Crippen LogP contribution in [0.3, 0.4) is 0 Å². The summed E-state index contributed by atoms with van der Waals surface area (Å²) in [6, 6.07) is 37.6. The van der Waals surface area contributed by atoms with E-state index in [0.717, 1.165) is 69.5 Å². The summed E-state index contributed by atoms with van der Waals surface area (Å²) in [7, 11) is 0. The van der Waals surface area contributed by atoms with Gasteiger partial charge in [0.15, 0.2) is 0 Å². The molecule has 2 aliphatic carbocycles. The predicted octanol–water partition coefficient (Wildman–Crippen LogP) is 11.7. The minimum absolute atomic E-state index is 0.0838. The van der Waals surface area contributed by atoms with Gasteiger partial charge >= 0.3 is 0 Å². The number of benzene rings is 5. The van der Waals surface area contributed by atoms with E-state index in [4.69, 9.17) is 24.2 Å². The minimum atomic E-state index is -1.36. The van der Waals surface area contributed by atoms with Gasteiger partial charge in [-0.3, -0.25) is 4.79 Å². The first kappa shape index (κ1) is 46.2. The highest BCUT2D eigenvalue weighted by Gasteiger charge is 2.65. The van der Waals surface area contributed by atoms with Crippen LogP contribution < -0.4 is 9.47 Å². The predicted molar refractivity (Wildman–Crippen MR) is 260 cm³/mol. The highest BCUT2D eigenvalue weighted by atomic mass is 32.2. The summed E-state index contributed by atoms with van der Waals surface area (Å²) in [6.45, 7) is 7.34. The number of carbonyl (C=O) groups excluding carboxylic acids is 1. The molecule has 5 aromatic carbocycles. The van der Waals surface area contributed by atoms with Crippen molar-refractivity contribution in [1.82, 2.24) is 4.90 Å². The van der Waals surface area contributed by atoms with Crippen molar-refractivity contribution in [2.24, 2.45) is 22.9 Å². The van der Waals surface area contributed by atoms with Crippen molar-refractivity contribution in [2.45, 2.75) is 87.5 Å². The van der Waals surface area contributed by atoms with Crippen LogP contribution in [0.5, 0.6) is 17.2 Å². The Morgan fingerprint density at radius 2 is 1.63 bits per heavy atom. The Morgan fingerprint density at radius 3 is 2.37 bits per heavy atom. The van der Waals surface area contributed by atoms with Crippen molar-refractivity contribution in [2.75, 3.05) is 32.6 Å². The maximum atomic E-state index is 15.3. The SMILES string of the molecule is C=CCOC12Oc3ccc(Oc4ccc(SC)cc4)cc3C3C(CCCCO)C(CCCCO)C=C(C(=NOCc4ccccc4)CC1N(CCC)C(=O)c1ccc4ccccc4c1)C32. The van der Waals surface area contributed by atoms with E-state index in [-0.39, 0.29) is 50.1 Å². The highest BCUT2D eigenvalue weighted by molar-refractivity contribution is 7.98. The van der Waals surface area contributed by atoms with Crippen LogP contribution in [0.1, 0.15) is 85.7 Å². The normalized spacial score (nSPS) is 22.6.